The van der Waals surface area contributed by atoms with Crippen molar-refractivity contribution in [3.8, 4) is 5.75 Å². The second kappa shape index (κ2) is 9.79. The van der Waals surface area contributed by atoms with E-state index in [1.165, 1.54) is 25.1 Å². The predicted octanol–water partition coefficient (Wildman–Crippen LogP) is 4.10. The normalized spacial score (nSPS) is 14.9. The Kier molecular flexibility index (Phi) is 7.15. The number of rotatable bonds is 7. The highest BCUT2D eigenvalue weighted by atomic mass is 16.5. The van der Waals surface area contributed by atoms with Crippen molar-refractivity contribution in [1.82, 2.24) is 4.90 Å². The maximum Gasteiger partial charge on any atom is 0.262 e. The Bertz CT molecular complexity index is 789. The van der Waals surface area contributed by atoms with Crippen LogP contribution in [0.15, 0.2) is 42.5 Å². The number of carbonyl (C=O) groups excluding carboxylic acids is 1. The molecule has 5 nitrogen and oxygen atoms in total. The number of hydrogen-bond donors (Lipinski definition) is 1. The zero-order valence-corrected chi connectivity index (χ0v) is 18.1. The summed E-state index contributed by atoms with van der Waals surface area (Å²) in [5.74, 6) is 1.43. The van der Waals surface area contributed by atoms with Crippen molar-refractivity contribution in [3.05, 3.63) is 53.6 Å². The van der Waals surface area contributed by atoms with Gasteiger partial charge in [0.15, 0.2) is 6.61 Å². The summed E-state index contributed by atoms with van der Waals surface area (Å²) < 4.78 is 5.73. The minimum atomic E-state index is -0.148. The van der Waals surface area contributed by atoms with E-state index in [1.54, 1.807) is 0 Å². The third-order valence-electron chi connectivity index (χ3n) is 5.51. The summed E-state index contributed by atoms with van der Waals surface area (Å²) in [6.07, 6.45) is 2.46. The van der Waals surface area contributed by atoms with E-state index in [4.69, 9.17) is 4.74 Å². The Labute approximate surface area is 174 Å². The van der Waals surface area contributed by atoms with Gasteiger partial charge in [0.05, 0.1) is 0 Å². The third-order valence-corrected chi connectivity index (χ3v) is 5.51. The van der Waals surface area contributed by atoms with Gasteiger partial charge in [0.25, 0.3) is 5.91 Å². The number of amides is 1. The summed E-state index contributed by atoms with van der Waals surface area (Å²) >= 11 is 0. The van der Waals surface area contributed by atoms with Gasteiger partial charge in [-0.3, -0.25) is 4.79 Å². The van der Waals surface area contributed by atoms with Crippen molar-refractivity contribution in [2.24, 2.45) is 5.92 Å². The molecular formula is C24H33N3O2. The molecule has 0 atom stereocenters. The fourth-order valence-corrected chi connectivity index (χ4v) is 4.01. The molecule has 29 heavy (non-hydrogen) atoms. The second-order valence-corrected chi connectivity index (χ2v) is 8.30. The Balaban J connectivity index is 1.48. The van der Waals surface area contributed by atoms with Gasteiger partial charge in [0, 0.05) is 31.0 Å². The van der Waals surface area contributed by atoms with E-state index in [1.807, 2.05) is 44.2 Å². The van der Waals surface area contributed by atoms with Crippen LogP contribution in [-0.4, -0.2) is 51.1 Å². The smallest absolute Gasteiger partial charge is 0.262 e. The molecule has 1 N–H and O–H groups in total. The highest BCUT2D eigenvalue weighted by Gasteiger charge is 2.19. The molecule has 3 rings (SSSR count). The highest BCUT2D eigenvalue weighted by Crippen LogP contribution is 2.25. The molecule has 0 spiro atoms. The minimum Gasteiger partial charge on any atom is -0.483 e. The van der Waals surface area contributed by atoms with Gasteiger partial charge in [0.1, 0.15) is 5.75 Å². The van der Waals surface area contributed by atoms with Crippen LogP contribution in [0.5, 0.6) is 5.75 Å². The maximum atomic E-state index is 12.3. The molecule has 156 valence electrons. The number of ether oxygens (including phenoxy) is 1. The molecule has 0 radical (unpaired) electrons. The first kappa shape index (κ1) is 21.2. The molecule has 1 saturated heterocycles. The van der Waals surface area contributed by atoms with Crippen LogP contribution in [0, 0.1) is 19.8 Å². The molecule has 1 amide bonds. The number of para-hydroxylation sites is 1. The Hall–Kier alpha value is -2.53. The van der Waals surface area contributed by atoms with E-state index in [0.29, 0.717) is 0 Å². The number of carbonyl (C=O) groups is 1. The molecule has 2 aromatic rings. The van der Waals surface area contributed by atoms with Gasteiger partial charge in [-0.1, -0.05) is 18.2 Å². The van der Waals surface area contributed by atoms with E-state index in [9.17, 15) is 4.79 Å². The lowest BCUT2D eigenvalue weighted by molar-refractivity contribution is -0.118. The first-order valence-corrected chi connectivity index (χ1v) is 10.4. The summed E-state index contributed by atoms with van der Waals surface area (Å²) in [5, 5.41) is 2.92. The van der Waals surface area contributed by atoms with Crippen LogP contribution in [0.3, 0.4) is 0 Å². The monoisotopic (exact) mass is 395 g/mol. The van der Waals surface area contributed by atoms with Crippen LogP contribution in [-0.2, 0) is 4.79 Å². The first-order chi connectivity index (χ1) is 13.9. The lowest BCUT2D eigenvalue weighted by atomic mass is 9.96. The zero-order valence-electron chi connectivity index (χ0n) is 18.1. The van der Waals surface area contributed by atoms with Gasteiger partial charge in [-0.2, -0.15) is 0 Å². The van der Waals surface area contributed by atoms with E-state index in [2.05, 4.69) is 41.3 Å². The quantitative estimate of drug-likeness (QED) is 0.767. The third kappa shape index (κ3) is 5.97. The molecule has 5 heteroatoms. The molecular weight excluding hydrogens is 362 g/mol. The molecule has 1 aliphatic rings. The van der Waals surface area contributed by atoms with Gasteiger partial charge in [-0.05, 0) is 82.1 Å². The average molecular weight is 396 g/mol. The number of anilines is 2. The molecule has 1 heterocycles. The van der Waals surface area contributed by atoms with Gasteiger partial charge < -0.3 is 19.9 Å². The number of nitrogens with one attached hydrogen (secondary N) is 1. The average Bonchev–Trinajstić information content (AvgIpc) is 2.68. The van der Waals surface area contributed by atoms with E-state index >= 15 is 0 Å². The molecule has 1 aliphatic heterocycles. The fraction of sp³-hybridized carbons (Fsp3) is 0.458. The zero-order chi connectivity index (χ0) is 20.8. The van der Waals surface area contributed by atoms with E-state index < -0.39 is 0 Å². The van der Waals surface area contributed by atoms with Gasteiger partial charge in [0.2, 0.25) is 0 Å². The van der Waals surface area contributed by atoms with Gasteiger partial charge in [-0.15, -0.1) is 0 Å². The molecule has 2 aromatic carbocycles. The van der Waals surface area contributed by atoms with E-state index in [-0.39, 0.29) is 12.5 Å². The summed E-state index contributed by atoms with van der Waals surface area (Å²) in [4.78, 5) is 17.0. The number of piperidine rings is 1. The standard InChI is InChI=1S/C24H33N3O2/c1-18-6-5-7-19(2)24(18)29-17-23(28)25-21-8-10-22(11-9-21)27-14-12-20(13-15-27)16-26(3)4/h5-11,20H,12-17H2,1-4H3,(H,25,28). The largest absolute Gasteiger partial charge is 0.483 e. The number of aryl methyl sites for hydroxylation is 2. The van der Waals surface area contributed by atoms with Crippen LogP contribution in [0.2, 0.25) is 0 Å². The van der Waals surface area contributed by atoms with Crippen molar-refractivity contribution in [3.63, 3.8) is 0 Å². The molecule has 1 fully saturated rings. The van der Waals surface area contributed by atoms with Crippen LogP contribution < -0.4 is 15.0 Å². The minimum absolute atomic E-state index is 0.00678. The summed E-state index contributed by atoms with van der Waals surface area (Å²) in [5.41, 5.74) is 4.09. The second-order valence-electron chi connectivity index (χ2n) is 8.30. The highest BCUT2D eigenvalue weighted by molar-refractivity contribution is 5.92. The Morgan fingerprint density at radius 1 is 1.07 bits per heavy atom. The molecule has 0 aliphatic carbocycles. The van der Waals surface area contributed by atoms with Gasteiger partial charge in [-0.25, -0.2) is 0 Å². The summed E-state index contributed by atoms with van der Waals surface area (Å²) in [6, 6.07) is 14.1. The van der Waals surface area contributed by atoms with Crippen LogP contribution in [0.4, 0.5) is 11.4 Å². The van der Waals surface area contributed by atoms with Crippen LogP contribution in [0.25, 0.3) is 0 Å². The number of hydrogen-bond acceptors (Lipinski definition) is 4. The van der Waals surface area contributed by atoms with Crippen molar-refractivity contribution in [2.75, 3.05) is 50.6 Å². The Morgan fingerprint density at radius 2 is 1.69 bits per heavy atom. The summed E-state index contributed by atoms with van der Waals surface area (Å²) in [7, 11) is 4.29. The van der Waals surface area contributed by atoms with Crippen LogP contribution >= 0.6 is 0 Å². The van der Waals surface area contributed by atoms with Crippen molar-refractivity contribution in [2.45, 2.75) is 26.7 Å². The summed E-state index contributed by atoms with van der Waals surface area (Å²) in [6.45, 7) is 7.34. The maximum absolute atomic E-state index is 12.3. The van der Waals surface area contributed by atoms with Crippen molar-refractivity contribution >= 4 is 17.3 Å². The number of nitrogens with zero attached hydrogens (tertiary/aromatic N) is 2. The SMILES string of the molecule is Cc1cccc(C)c1OCC(=O)Nc1ccc(N2CCC(CN(C)C)CC2)cc1. The lowest BCUT2D eigenvalue weighted by Crippen LogP contribution is -2.37. The van der Waals surface area contributed by atoms with Crippen molar-refractivity contribution in [1.29, 1.82) is 0 Å². The molecule has 0 aromatic heterocycles. The molecule has 0 unspecified atom stereocenters. The topological polar surface area (TPSA) is 44.8 Å². The fourth-order valence-electron chi connectivity index (χ4n) is 4.01. The van der Waals surface area contributed by atoms with E-state index in [0.717, 1.165) is 41.6 Å². The molecule has 0 bridgehead atoms. The van der Waals surface area contributed by atoms with Crippen molar-refractivity contribution < 1.29 is 9.53 Å². The predicted molar refractivity (Wildman–Crippen MR) is 120 cm³/mol. The Morgan fingerprint density at radius 3 is 2.28 bits per heavy atom. The van der Waals surface area contributed by atoms with Crippen LogP contribution in [0.1, 0.15) is 24.0 Å². The number of benzene rings is 2. The molecule has 0 saturated carbocycles. The van der Waals surface area contributed by atoms with Gasteiger partial charge >= 0.3 is 0 Å². The lowest BCUT2D eigenvalue weighted by Gasteiger charge is -2.34. The first-order valence-electron chi connectivity index (χ1n) is 10.4.